The van der Waals surface area contributed by atoms with Crippen LogP contribution in [0.3, 0.4) is 0 Å². The molecule has 0 spiro atoms. The van der Waals surface area contributed by atoms with Crippen LogP contribution in [0.5, 0.6) is 17.2 Å². The van der Waals surface area contributed by atoms with Crippen molar-refractivity contribution in [1.82, 2.24) is 32.9 Å². The lowest BCUT2D eigenvalue weighted by molar-refractivity contribution is -0.143. The predicted octanol–water partition coefficient (Wildman–Crippen LogP) is 6.28. The number of ketones is 1. The SMILES string of the molecule is CNC.COc1cc(C)c(S(=O)(=O)N2CCCCC2COCC(=O)N2CCC(=O)CC2)c(C)c1.COc1cc(C)c(S(=O)(=O)N2CCCCC2COCC(=O)N2CCC(N(C)C)CC2)c(C)c1.COc1cc(C)c(S(=O)(=O)N2CCCCC2COCC(=O)O)c(C)c1. The van der Waals surface area contributed by atoms with Gasteiger partial charge < -0.3 is 53.5 Å². The predicted molar refractivity (Wildman–Crippen MR) is 351 cm³/mol. The monoisotopic (exact) mass is 1350 g/mol. The summed E-state index contributed by atoms with van der Waals surface area (Å²) in [5.41, 5.74) is 3.91. The number of nitrogens with one attached hydrogen (secondary N) is 1. The van der Waals surface area contributed by atoms with Crippen molar-refractivity contribution < 1.29 is 78.0 Å². The summed E-state index contributed by atoms with van der Waals surface area (Å²) < 4.78 is 118. The minimum Gasteiger partial charge on any atom is -0.497 e. The van der Waals surface area contributed by atoms with Crippen LogP contribution in [0.1, 0.15) is 117 Å². The molecule has 0 aromatic heterocycles. The smallest absolute Gasteiger partial charge is 0.329 e. The van der Waals surface area contributed by atoms with Crippen LogP contribution in [0.25, 0.3) is 0 Å². The van der Waals surface area contributed by atoms with Crippen LogP contribution in [0.2, 0.25) is 0 Å². The number of aliphatic carboxylic acids is 1. The van der Waals surface area contributed by atoms with Crippen LogP contribution in [0, 0.1) is 41.5 Å². The number of hydrogen-bond acceptors (Lipinski definition) is 18. The number of methoxy groups -OCH3 is 3. The largest absolute Gasteiger partial charge is 0.497 e. The molecule has 3 aromatic rings. The molecule has 2 amide bonds. The summed E-state index contributed by atoms with van der Waals surface area (Å²) >= 11 is 0. The highest BCUT2D eigenvalue weighted by molar-refractivity contribution is 7.89. The zero-order valence-corrected chi connectivity index (χ0v) is 59.0. The fraction of sp³-hybridized carbons (Fsp3) is 0.662. The molecule has 0 aliphatic carbocycles. The number of amides is 2. The molecule has 27 heteroatoms. The van der Waals surface area contributed by atoms with Crippen molar-refractivity contribution in [2.45, 2.75) is 164 Å². The van der Waals surface area contributed by atoms with E-state index in [4.69, 9.17) is 33.5 Å². The molecule has 0 bridgehead atoms. The van der Waals surface area contributed by atoms with Crippen LogP contribution in [0.15, 0.2) is 51.1 Å². The van der Waals surface area contributed by atoms with Crippen LogP contribution >= 0.6 is 0 Å². The molecule has 0 radical (unpaired) electrons. The third kappa shape index (κ3) is 21.1. The lowest BCUT2D eigenvalue weighted by atomic mass is 10.0. The van der Waals surface area contributed by atoms with Gasteiger partial charge in [0.25, 0.3) is 0 Å². The van der Waals surface area contributed by atoms with Crippen molar-refractivity contribution in [1.29, 1.82) is 0 Å². The number of rotatable bonds is 22. The molecule has 3 unspecified atom stereocenters. The van der Waals surface area contributed by atoms with Crippen LogP contribution < -0.4 is 19.5 Å². The zero-order chi connectivity index (χ0) is 68.1. The molecule has 2 N–H and O–H groups in total. The molecular weight excluding hydrogens is 1250 g/mol. The normalized spacial score (nSPS) is 19.8. The average Bonchev–Trinajstić information content (AvgIpc) is 0.792. The zero-order valence-electron chi connectivity index (χ0n) is 56.5. The molecular formula is C65H103N7O17S3. The van der Waals surface area contributed by atoms with E-state index in [9.17, 15) is 44.4 Å². The van der Waals surface area contributed by atoms with E-state index in [1.54, 1.807) is 108 Å². The second-order valence-corrected chi connectivity index (χ2v) is 30.0. The number of sulfonamides is 3. The maximum atomic E-state index is 13.6. The lowest BCUT2D eigenvalue weighted by Gasteiger charge is -2.36. The summed E-state index contributed by atoms with van der Waals surface area (Å²) in [4.78, 5) is 53.6. The standard InChI is InChI=1S/C24H39N3O5S.C22H32N2O6S.C17H25NO6S.C2H7N/c1-18-14-22(31-5)15-19(2)24(18)33(29,30)27-11-7-6-8-21(27)16-32-17-23(28)26-12-9-20(10-13-26)25(3)4;1-16-12-20(29-3)13-17(2)22(16)31(27,28)24-9-5-4-6-18(24)14-30-15-21(26)23-10-7-19(25)8-11-23;1-12-8-15(23-3)9-13(2)17(12)25(21,22)18-7-5-4-6-14(18)10-24-11-16(19)20;1-3-2/h14-15,20-21H,6-13,16-17H2,1-5H3;12-13,18H,4-11,14-15H2,1-3H3;8-9,14H,4-7,10-11H2,1-3H3,(H,19,20);3H,1-2H3. The summed E-state index contributed by atoms with van der Waals surface area (Å²) in [5, 5.41) is 11.5. The van der Waals surface area contributed by atoms with E-state index in [1.165, 1.54) is 8.61 Å². The number of likely N-dealkylation sites (tertiary alicyclic amines) is 2. The number of aryl methyl sites for hydroxylation is 6. The molecule has 5 saturated heterocycles. The summed E-state index contributed by atoms with van der Waals surface area (Å²) in [6.07, 6.45) is 9.97. The molecule has 5 fully saturated rings. The van der Waals surface area contributed by atoms with Gasteiger partial charge in [-0.25, -0.2) is 30.0 Å². The molecule has 518 valence electrons. The number of Topliss-reactive ketones (excluding diaryl/α,β-unsaturated/α-hetero) is 1. The number of carbonyl (C=O) groups is 4. The van der Waals surface area contributed by atoms with Crippen molar-refractivity contribution in [2.75, 3.05) is 135 Å². The van der Waals surface area contributed by atoms with E-state index < -0.39 is 42.6 Å². The second-order valence-electron chi connectivity index (χ2n) is 24.5. The van der Waals surface area contributed by atoms with E-state index in [0.717, 1.165) is 70.9 Å². The third-order valence-electron chi connectivity index (χ3n) is 17.3. The fourth-order valence-corrected chi connectivity index (χ4v) is 19.0. The Kier molecular flexibility index (Phi) is 30.7. The van der Waals surface area contributed by atoms with Crippen molar-refractivity contribution in [2.24, 2.45) is 0 Å². The van der Waals surface area contributed by atoms with Crippen molar-refractivity contribution in [3.63, 3.8) is 0 Å². The molecule has 8 rings (SSSR count). The van der Waals surface area contributed by atoms with Gasteiger partial charge >= 0.3 is 5.97 Å². The van der Waals surface area contributed by atoms with Crippen molar-refractivity contribution in [3.8, 4) is 17.2 Å². The van der Waals surface area contributed by atoms with Crippen LogP contribution in [0.4, 0.5) is 0 Å². The maximum absolute atomic E-state index is 13.6. The minimum absolute atomic E-state index is 0.00237. The lowest BCUT2D eigenvalue weighted by Crippen LogP contribution is -2.48. The Balaban J connectivity index is 0.000000247. The van der Waals surface area contributed by atoms with Gasteiger partial charge in [-0.2, -0.15) is 12.9 Å². The summed E-state index contributed by atoms with van der Waals surface area (Å²) in [5.74, 6) is 0.845. The number of carboxylic acid groups (broad SMARTS) is 1. The van der Waals surface area contributed by atoms with Gasteiger partial charge in [0.15, 0.2) is 0 Å². The summed E-state index contributed by atoms with van der Waals surface area (Å²) in [6.45, 7) is 14.3. The average molecular weight is 1350 g/mol. The van der Waals surface area contributed by atoms with E-state index in [2.05, 4.69) is 24.3 Å². The quantitative estimate of drug-likeness (QED) is 0.112. The first-order valence-corrected chi connectivity index (χ1v) is 36.2. The van der Waals surface area contributed by atoms with Crippen molar-refractivity contribution >= 4 is 53.6 Å². The van der Waals surface area contributed by atoms with Crippen LogP contribution in [-0.4, -0.2) is 241 Å². The van der Waals surface area contributed by atoms with E-state index in [-0.39, 0.29) is 68.8 Å². The Morgan fingerprint density at radius 1 is 0.478 bits per heavy atom. The maximum Gasteiger partial charge on any atom is 0.329 e. The van der Waals surface area contributed by atoms with Gasteiger partial charge in [0.05, 0.1) is 55.8 Å². The first-order valence-electron chi connectivity index (χ1n) is 31.9. The summed E-state index contributed by atoms with van der Waals surface area (Å²) in [7, 11) is 1.48. The van der Waals surface area contributed by atoms with E-state index in [1.807, 2.05) is 19.0 Å². The van der Waals surface area contributed by atoms with E-state index >= 15 is 0 Å². The Labute approximate surface area is 547 Å². The highest BCUT2D eigenvalue weighted by Gasteiger charge is 2.39. The molecule has 3 aromatic carbocycles. The number of nitrogens with zero attached hydrogens (tertiary/aromatic N) is 6. The van der Waals surface area contributed by atoms with Gasteiger partial charge in [-0.3, -0.25) is 14.4 Å². The van der Waals surface area contributed by atoms with Gasteiger partial charge in [0.2, 0.25) is 41.9 Å². The fourth-order valence-electron chi connectivity index (χ4n) is 12.7. The highest BCUT2D eigenvalue weighted by Crippen LogP contribution is 2.35. The first kappa shape index (κ1) is 77.4. The topological polar surface area (TPSA) is 278 Å². The molecule has 5 aliphatic heterocycles. The number of hydrogen-bond donors (Lipinski definition) is 2. The number of benzene rings is 3. The van der Waals surface area contributed by atoms with E-state index in [0.29, 0.717) is 130 Å². The van der Waals surface area contributed by atoms with Gasteiger partial charge in [-0.15, -0.1) is 0 Å². The number of ether oxygens (including phenoxy) is 6. The third-order valence-corrected chi connectivity index (χ3v) is 24.0. The molecule has 3 atom stereocenters. The number of carboxylic acids is 1. The van der Waals surface area contributed by atoms with Gasteiger partial charge in [-0.05, 0) is 191 Å². The summed E-state index contributed by atoms with van der Waals surface area (Å²) in [6, 6.07) is 9.99. The van der Waals surface area contributed by atoms with Crippen molar-refractivity contribution in [3.05, 3.63) is 69.8 Å². The molecule has 5 heterocycles. The Hall–Kier alpha value is -5.33. The first-order chi connectivity index (χ1) is 43.6. The molecule has 0 saturated carbocycles. The molecule has 5 aliphatic rings. The van der Waals surface area contributed by atoms with Crippen LogP contribution in [-0.2, 0) is 63.5 Å². The Bertz CT molecular complexity index is 3210. The highest BCUT2D eigenvalue weighted by atomic mass is 32.2. The minimum atomic E-state index is -3.71. The number of piperidine rings is 5. The molecule has 92 heavy (non-hydrogen) atoms. The number of carbonyl (C=O) groups excluding carboxylic acids is 3. The Morgan fingerprint density at radius 2 is 0.761 bits per heavy atom. The molecule has 24 nitrogen and oxygen atoms in total. The second kappa shape index (κ2) is 36.5. The van der Waals surface area contributed by atoms with Gasteiger partial charge in [-0.1, -0.05) is 19.3 Å². The van der Waals surface area contributed by atoms with Gasteiger partial charge in [0.1, 0.15) is 42.9 Å². The van der Waals surface area contributed by atoms with Gasteiger partial charge in [0, 0.05) is 82.8 Å². The Morgan fingerprint density at radius 3 is 1.03 bits per heavy atom.